The zero-order valence-corrected chi connectivity index (χ0v) is 16.4. The molecule has 0 unspecified atom stereocenters. The maximum Gasteiger partial charge on any atom is 0.323 e. The number of aryl methyl sites for hydroxylation is 2. The van der Waals surface area contributed by atoms with Crippen molar-refractivity contribution >= 4 is 33.9 Å². The lowest BCUT2D eigenvalue weighted by atomic mass is 10.2. The zero-order chi connectivity index (χ0) is 19.5. The predicted octanol–water partition coefficient (Wildman–Crippen LogP) is 3.67. The van der Waals surface area contributed by atoms with E-state index in [1.54, 1.807) is 34.4 Å². The van der Waals surface area contributed by atoms with Crippen molar-refractivity contribution in [2.75, 3.05) is 36.4 Å². The van der Waals surface area contributed by atoms with Crippen molar-refractivity contribution in [3.63, 3.8) is 0 Å². The van der Waals surface area contributed by atoms with Gasteiger partial charge in [0.15, 0.2) is 5.13 Å². The van der Waals surface area contributed by atoms with Gasteiger partial charge in [-0.25, -0.2) is 9.78 Å². The normalized spacial score (nSPS) is 17.0. The molecule has 1 aliphatic heterocycles. The molecule has 1 N–H and O–H groups in total. The highest BCUT2D eigenvalue weighted by molar-refractivity contribution is 7.15. The van der Waals surface area contributed by atoms with Crippen LogP contribution in [0.1, 0.15) is 29.8 Å². The van der Waals surface area contributed by atoms with Gasteiger partial charge in [0.2, 0.25) is 0 Å². The van der Waals surface area contributed by atoms with Crippen LogP contribution in [0, 0.1) is 10.1 Å². The number of aromatic nitrogens is 1. The van der Waals surface area contributed by atoms with E-state index in [0.717, 1.165) is 25.0 Å². The fourth-order valence-electron chi connectivity index (χ4n) is 3.79. The van der Waals surface area contributed by atoms with E-state index in [4.69, 9.17) is 0 Å². The van der Waals surface area contributed by atoms with E-state index in [9.17, 15) is 14.9 Å². The molecule has 0 spiro atoms. The van der Waals surface area contributed by atoms with E-state index in [1.807, 2.05) is 4.90 Å². The number of urea groups is 1. The molecular formula is C19H23N5O3S. The second-order valence-corrected chi connectivity index (χ2v) is 8.18. The van der Waals surface area contributed by atoms with E-state index in [-0.39, 0.29) is 16.6 Å². The van der Waals surface area contributed by atoms with Crippen molar-refractivity contribution in [3.05, 3.63) is 45.0 Å². The van der Waals surface area contributed by atoms with E-state index < -0.39 is 0 Å². The lowest BCUT2D eigenvalue weighted by molar-refractivity contribution is -0.384. The van der Waals surface area contributed by atoms with Crippen LogP contribution in [0.5, 0.6) is 0 Å². The topological polar surface area (TPSA) is 91.6 Å². The van der Waals surface area contributed by atoms with Crippen LogP contribution in [0.3, 0.4) is 0 Å². The van der Waals surface area contributed by atoms with Crippen LogP contribution in [0.4, 0.5) is 21.3 Å². The van der Waals surface area contributed by atoms with Crippen LogP contribution in [0.15, 0.2) is 24.3 Å². The van der Waals surface area contributed by atoms with Gasteiger partial charge in [0, 0.05) is 37.1 Å². The Bertz CT molecular complexity index is 853. The van der Waals surface area contributed by atoms with Crippen LogP contribution in [0.2, 0.25) is 0 Å². The Kier molecular flexibility index (Phi) is 5.43. The number of nitrogens with zero attached hydrogens (tertiary/aromatic N) is 4. The smallest absolute Gasteiger partial charge is 0.323 e. The molecule has 0 radical (unpaired) electrons. The summed E-state index contributed by atoms with van der Waals surface area (Å²) in [7, 11) is 0. The van der Waals surface area contributed by atoms with Gasteiger partial charge in [-0.05, 0) is 31.7 Å². The van der Waals surface area contributed by atoms with Crippen LogP contribution in [0.25, 0.3) is 0 Å². The number of nitro benzene ring substituents is 1. The summed E-state index contributed by atoms with van der Waals surface area (Å²) in [4.78, 5) is 33.1. The zero-order valence-electron chi connectivity index (χ0n) is 15.6. The first kappa shape index (κ1) is 18.7. The second-order valence-electron chi connectivity index (χ2n) is 7.10. The number of hydrogen-bond acceptors (Lipinski definition) is 6. The van der Waals surface area contributed by atoms with E-state index >= 15 is 0 Å². The van der Waals surface area contributed by atoms with Crippen molar-refractivity contribution in [3.8, 4) is 0 Å². The molecule has 9 heteroatoms. The van der Waals surface area contributed by atoms with Gasteiger partial charge in [0.25, 0.3) is 5.69 Å². The van der Waals surface area contributed by atoms with Crippen molar-refractivity contribution in [1.82, 2.24) is 9.88 Å². The third-order valence-electron chi connectivity index (χ3n) is 5.30. The fraction of sp³-hybridized carbons (Fsp3) is 0.474. The van der Waals surface area contributed by atoms with Crippen LogP contribution in [-0.4, -0.2) is 47.0 Å². The van der Waals surface area contributed by atoms with E-state index in [0.29, 0.717) is 37.0 Å². The number of piperazine rings is 1. The van der Waals surface area contributed by atoms with Gasteiger partial charge in [-0.15, -0.1) is 11.3 Å². The largest absolute Gasteiger partial charge is 0.362 e. The van der Waals surface area contributed by atoms with Gasteiger partial charge in [-0.1, -0.05) is 18.6 Å². The van der Waals surface area contributed by atoms with Crippen molar-refractivity contribution in [1.29, 1.82) is 0 Å². The van der Waals surface area contributed by atoms with Crippen LogP contribution < -0.4 is 10.2 Å². The van der Waals surface area contributed by atoms with Crippen LogP contribution in [-0.2, 0) is 12.8 Å². The summed E-state index contributed by atoms with van der Waals surface area (Å²) in [5.74, 6) is 0. The number of nitro groups is 1. The molecule has 1 fully saturated rings. The lowest BCUT2D eigenvalue weighted by Gasteiger charge is -2.35. The van der Waals surface area contributed by atoms with Crippen LogP contribution >= 0.6 is 11.3 Å². The maximum atomic E-state index is 12.6. The number of thiazole rings is 1. The molecule has 148 valence electrons. The minimum Gasteiger partial charge on any atom is -0.362 e. The number of rotatable bonds is 3. The predicted molar refractivity (Wildman–Crippen MR) is 109 cm³/mol. The molecule has 1 aromatic carbocycles. The number of para-hydroxylation sites is 2. The molecule has 1 aromatic heterocycles. The first-order valence-corrected chi connectivity index (χ1v) is 10.5. The molecule has 4 rings (SSSR count). The average Bonchev–Trinajstić information content (AvgIpc) is 2.96. The van der Waals surface area contributed by atoms with E-state index in [2.05, 4.69) is 10.3 Å². The monoisotopic (exact) mass is 401 g/mol. The maximum absolute atomic E-state index is 12.6. The van der Waals surface area contributed by atoms with Gasteiger partial charge in [-0.3, -0.25) is 15.4 Å². The highest BCUT2D eigenvalue weighted by Gasteiger charge is 2.26. The number of hydrogen-bond donors (Lipinski definition) is 1. The molecule has 0 saturated carbocycles. The van der Waals surface area contributed by atoms with Gasteiger partial charge in [0.05, 0.1) is 10.6 Å². The fourth-order valence-corrected chi connectivity index (χ4v) is 4.83. The van der Waals surface area contributed by atoms with Gasteiger partial charge in [0.1, 0.15) is 5.69 Å². The molecule has 1 saturated heterocycles. The SMILES string of the molecule is O=C(Nc1nc2c(s1)CCCCC2)N1CCN(c2ccccc2[N+](=O)[O-])CC1. The summed E-state index contributed by atoms with van der Waals surface area (Å²) in [5.41, 5.74) is 1.85. The number of carbonyl (C=O) groups excluding carboxylic acids is 1. The van der Waals surface area contributed by atoms with Gasteiger partial charge >= 0.3 is 6.03 Å². The number of carbonyl (C=O) groups is 1. The third-order valence-corrected chi connectivity index (χ3v) is 6.37. The molecule has 2 heterocycles. The van der Waals surface area contributed by atoms with Crippen molar-refractivity contribution < 1.29 is 9.72 Å². The molecular weight excluding hydrogens is 378 g/mol. The Labute approximate surface area is 167 Å². The van der Waals surface area contributed by atoms with Crippen molar-refractivity contribution in [2.24, 2.45) is 0 Å². The Morgan fingerprint density at radius 2 is 1.86 bits per heavy atom. The molecule has 2 aliphatic rings. The summed E-state index contributed by atoms with van der Waals surface area (Å²) in [5, 5.41) is 14.9. The minimum atomic E-state index is -0.360. The van der Waals surface area contributed by atoms with Gasteiger partial charge in [-0.2, -0.15) is 0 Å². The molecule has 2 amide bonds. The highest BCUT2D eigenvalue weighted by atomic mass is 32.1. The first-order chi connectivity index (χ1) is 13.6. The van der Waals surface area contributed by atoms with Gasteiger partial charge < -0.3 is 9.80 Å². The number of amides is 2. The number of anilines is 2. The summed E-state index contributed by atoms with van der Waals surface area (Å²) in [6, 6.07) is 6.60. The summed E-state index contributed by atoms with van der Waals surface area (Å²) in [6.07, 6.45) is 5.65. The third kappa shape index (κ3) is 3.94. The number of nitrogens with one attached hydrogen (secondary N) is 1. The van der Waals surface area contributed by atoms with E-state index in [1.165, 1.54) is 23.8 Å². The van der Waals surface area contributed by atoms with Crippen molar-refractivity contribution in [2.45, 2.75) is 32.1 Å². The molecule has 2 aromatic rings. The quantitative estimate of drug-likeness (QED) is 0.481. The molecule has 1 aliphatic carbocycles. The summed E-state index contributed by atoms with van der Waals surface area (Å²) < 4.78 is 0. The highest BCUT2D eigenvalue weighted by Crippen LogP contribution is 2.30. The Morgan fingerprint density at radius 3 is 2.64 bits per heavy atom. The number of benzene rings is 1. The molecule has 0 bridgehead atoms. The Morgan fingerprint density at radius 1 is 1.11 bits per heavy atom. The number of fused-ring (bicyclic) bond motifs is 1. The molecule has 8 nitrogen and oxygen atoms in total. The standard InChI is InChI=1S/C19H23N5O3S/c25-19(21-18-20-14-6-2-1-3-9-17(14)28-18)23-12-10-22(11-13-23)15-7-4-5-8-16(15)24(26)27/h4-5,7-8H,1-3,6,9-13H2,(H,20,21,25). The first-order valence-electron chi connectivity index (χ1n) is 9.64. The summed E-state index contributed by atoms with van der Waals surface area (Å²) >= 11 is 1.59. The molecule has 0 atom stereocenters. The average molecular weight is 401 g/mol. The molecule has 28 heavy (non-hydrogen) atoms. The second kappa shape index (κ2) is 8.14. The summed E-state index contributed by atoms with van der Waals surface area (Å²) in [6.45, 7) is 2.16. The Balaban J connectivity index is 1.36. The minimum absolute atomic E-state index is 0.102. The lowest BCUT2D eigenvalue weighted by Crippen LogP contribution is -2.50. The Hall–Kier alpha value is -2.68.